The number of nitrogen functional groups attached to an aromatic ring is 1. The minimum Gasteiger partial charge on any atom is -0.392 e. The first kappa shape index (κ1) is 14.4. The second-order valence-corrected chi connectivity index (χ2v) is 4.28. The minimum absolute atomic E-state index is 0.0568. The fourth-order valence-corrected chi connectivity index (χ4v) is 1.79. The van der Waals surface area contributed by atoms with Crippen LogP contribution in [0.3, 0.4) is 0 Å². The van der Waals surface area contributed by atoms with E-state index in [1.165, 1.54) is 0 Å². The first-order chi connectivity index (χ1) is 9.90. The van der Waals surface area contributed by atoms with Crippen LogP contribution in [0.15, 0.2) is 24.4 Å². The molecule has 1 aromatic heterocycles. The SMILES string of the molecule is Cn1ccc(CNC(=O)c2c(F)ccc([N+](=O)[O-])c2N)n1. The van der Waals surface area contributed by atoms with Crippen molar-refractivity contribution in [2.75, 3.05) is 5.73 Å². The van der Waals surface area contributed by atoms with Crippen molar-refractivity contribution >= 4 is 17.3 Å². The van der Waals surface area contributed by atoms with Gasteiger partial charge in [0, 0.05) is 19.3 Å². The Kier molecular flexibility index (Phi) is 3.83. The van der Waals surface area contributed by atoms with Crippen molar-refractivity contribution < 1.29 is 14.1 Å². The van der Waals surface area contributed by atoms with Gasteiger partial charge in [0.1, 0.15) is 17.1 Å². The third-order valence-electron chi connectivity index (χ3n) is 2.79. The lowest BCUT2D eigenvalue weighted by molar-refractivity contribution is -0.384. The first-order valence-electron chi connectivity index (χ1n) is 5.89. The van der Waals surface area contributed by atoms with Crippen LogP contribution >= 0.6 is 0 Å². The highest BCUT2D eigenvalue weighted by Gasteiger charge is 2.23. The number of nitro groups is 1. The van der Waals surface area contributed by atoms with E-state index in [2.05, 4.69) is 10.4 Å². The lowest BCUT2D eigenvalue weighted by atomic mass is 10.1. The van der Waals surface area contributed by atoms with Crippen LogP contribution in [-0.4, -0.2) is 20.6 Å². The molecule has 0 saturated carbocycles. The average molecular weight is 293 g/mol. The Morgan fingerprint density at radius 1 is 1.52 bits per heavy atom. The highest BCUT2D eigenvalue weighted by atomic mass is 19.1. The van der Waals surface area contributed by atoms with Crippen LogP contribution < -0.4 is 11.1 Å². The van der Waals surface area contributed by atoms with Gasteiger partial charge in [0.05, 0.1) is 17.2 Å². The Hall–Kier alpha value is -2.97. The van der Waals surface area contributed by atoms with Gasteiger partial charge in [-0.1, -0.05) is 0 Å². The van der Waals surface area contributed by atoms with E-state index >= 15 is 0 Å². The maximum atomic E-state index is 13.7. The van der Waals surface area contributed by atoms with Crippen LogP contribution in [0, 0.1) is 15.9 Å². The van der Waals surface area contributed by atoms with Crippen molar-refractivity contribution in [2.45, 2.75) is 6.54 Å². The topological polar surface area (TPSA) is 116 Å². The van der Waals surface area contributed by atoms with Gasteiger partial charge in [-0.3, -0.25) is 19.6 Å². The highest BCUT2D eigenvalue weighted by Crippen LogP contribution is 2.27. The standard InChI is InChI=1S/C12H12FN5O3/c1-17-5-4-7(16-17)6-15-12(19)10-8(13)2-3-9(11(10)14)18(20)21/h2-5H,6,14H2,1H3,(H,15,19). The number of carbonyl (C=O) groups excluding carboxylic acids is 1. The molecule has 0 unspecified atom stereocenters. The Labute approximate surface area is 118 Å². The number of nitrogens with zero attached hydrogens (tertiary/aromatic N) is 3. The maximum Gasteiger partial charge on any atom is 0.293 e. The van der Waals surface area contributed by atoms with Gasteiger partial charge < -0.3 is 11.1 Å². The Morgan fingerprint density at radius 2 is 2.24 bits per heavy atom. The van der Waals surface area contributed by atoms with E-state index < -0.39 is 33.6 Å². The van der Waals surface area contributed by atoms with Crippen molar-refractivity contribution in [3.8, 4) is 0 Å². The Balaban J connectivity index is 2.22. The number of rotatable bonds is 4. The van der Waals surface area contributed by atoms with Gasteiger partial charge in [0.25, 0.3) is 11.6 Å². The maximum absolute atomic E-state index is 13.7. The van der Waals surface area contributed by atoms with Crippen LogP contribution in [0.1, 0.15) is 16.1 Å². The van der Waals surface area contributed by atoms with E-state index in [9.17, 15) is 19.3 Å². The molecule has 3 N–H and O–H groups in total. The number of amides is 1. The molecule has 110 valence electrons. The number of hydrogen-bond donors (Lipinski definition) is 2. The van der Waals surface area contributed by atoms with Crippen molar-refractivity contribution in [1.82, 2.24) is 15.1 Å². The summed E-state index contributed by atoms with van der Waals surface area (Å²) in [7, 11) is 1.71. The number of anilines is 1. The molecule has 0 spiro atoms. The summed E-state index contributed by atoms with van der Waals surface area (Å²) in [6.45, 7) is 0.0568. The molecule has 0 aliphatic rings. The number of aryl methyl sites for hydroxylation is 1. The molecular formula is C12H12FN5O3. The van der Waals surface area contributed by atoms with E-state index in [0.29, 0.717) is 5.69 Å². The van der Waals surface area contributed by atoms with Gasteiger partial charge in [-0.05, 0) is 12.1 Å². The van der Waals surface area contributed by atoms with Gasteiger partial charge in [-0.2, -0.15) is 5.10 Å². The van der Waals surface area contributed by atoms with Crippen LogP contribution in [0.2, 0.25) is 0 Å². The molecule has 0 fully saturated rings. The van der Waals surface area contributed by atoms with Gasteiger partial charge in [0.2, 0.25) is 0 Å². The summed E-state index contributed by atoms with van der Waals surface area (Å²) in [6.07, 6.45) is 1.68. The number of nitrogens with one attached hydrogen (secondary N) is 1. The molecule has 1 amide bonds. The molecule has 0 bridgehead atoms. The monoisotopic (exact) mass is 293 g/mol. The summed E-state index contributed by atoms with van der Waals surface area (Å²) in [5.74, 6) is -1.75. The third-order valence-corrected chi connectivity index (χ3v) is 2.79. The Bertz CT molecular complexity index is 713. The number of nitro benzene ring substituents is 1. The molecule has 8 nitrogen and oxygen atoms in total. The average Bonchev–Trinajstić information content (AvgIpc) is 2.82. The van der Waals surface area contributed by atoms with Crippen molar-refractivity contribution in [3.05, 3.63) is 51.6 Å². The lowest BCUT2D eigenvalue weighted by Gasteiger charge is -2.08. The summed E-state index contributed by atoms with van der Waals surface area (Å²) in [4.78, 5) is 21.9. The summed E-state index contributed by atoms with van der Waals surface area (Å²) < 4.78 is 15.2. The molecule has 1 heterocycles. The summed E-state index contributed by atoms with van der Waals surface area (Å²) in [5.41, 5.74) is 4.50. The normalized spacial score (nSPS) is 10.4. The second-order valence-electron chi connectivity index (χ2n) is 4.28. The Morgan fingerprint density at radius 3 is 2.81 bits per heavy atom. The van der Waals surface area contributed by atoms with Crippen LogP contribution in [0.4, 0.5) is 15.8 Å². The largest absolute Gasteiger partial charge is 0.392 e. The van der Waals surface area contributed by atoms with E-state index in [1.807, 2.05) is 0 Å². The van der Waals surface area contributed by atoms with Gasteiger partial charge in [-0.25, -0.2) is 4.39 Å². The lowest BCUT2D eigenvalue weighted by Crippen LogP contribution is -2.25. The number of aromatic nitrogens is 2. The summed E-state index contributed by atoms with van der Waals surface area (Å²) in [5, 5.41) is 17.2. The minimum atomic E-state index is -0.920. The predicted octanol–water partition coefficient (Wildman–Crippen LogP) is 0.980. The quantitative estimate of drug-likeness (QED) is 0.495. The number of benzene rings is 1. The molecule has 9 heteroatoms. The zero-order chi connectivity index (χ0) is 15.6. The molecule has 21 heavy (non-hydrogen) atoms. The number of halogens is 1. The fourth-order valence-electron chi connectivity index (χ4n) is 1.79. The number of carbonyl (C=O) groups is 1. The second kappa shape index (κ2) is 5.57. The fraction of sp³-hybridized carbons (Fsp3) is 0.167. The van der Waals surface area contributed by atoms with E-state index in [4.69, 9.17) is 5.73 Å². The van der Waals surface area contributed by atoms with Crippen LogP contribution in [0.25, 0.3) is 0 Å². The third kappa shape index (κ3) is 2.96. The van der Waals surface area contributed by atoms with Crippen molar-refractivity contribution in [3.63, 3.8) is 0 Å². The molecule has 0 aliphatic heterocycles. The molecule has 0 aliphatic carbocycles. The van der Waals surface area contributed by atoms with Crippen LogP contribution in [0.5, 0.6) is 0 Å². The van der Waals surface area contributed by atoms with Crippen molar-refractivity contribution in [2.24, 2.45) is 7.05 Å². The van der Waals surface area contributed by atoms with E-state index in [-0.39, 0.29) is 6.54 Å². The van der Waals surface area contributed by atoms with E-state index in [0.717, 1.165) is 12.1 Å². The summed E-state index contributed by atoms with van der Waals surface area (Å²) in [6, 6.07) is 3.43. The van der Waals surface area contributed by atoms with Gasteiger partial charge >= 0.3 is 0 Å². The first-order valence-corrected chi connectivity index (χ1v) is 5.89. The molecule has 0 radical (unpaired) electrons. The van der Waals surface area contributed by atoms with Gasteiger partial charge in [-0.15, -0.1) is 0 Å². The molecule has 1 aromatic carbocycles. The molecule has 2 rings (SSSR count). The molecular weight excluding hydrogens is 281 g/mol. The molecule has 0 saturated heterocycles. The highest BCUT2D eigenvalue weighted by molar-refractivity contribution is 6.01. The summed E-state index contributed by atoms with van der Waals surface area (Å²) >= 11 is 0. The van der Waals surface area contributed by atoms with Crippen molar-refractivity contribution in [1.29, 1.82) is 0 Å². The van der Waals surface area contributed by atoms with Gasteiger partial charge in [0.15, 0.2) is 0 Å². The zero-order valence-corrected chi connectivity index (χ0v) is 11.0. The predicted molar refractivity (Wildman–Crippen MR) is 71.8 cm³/mol. The zero-order valence-electron chi connectivity index (χ0n) is 11.0. The number of hydrogen-bond acceptors (Lipinski definition) is 5. The number of nitrogens with two attached hydrogens (primary N) is 1. The molecule has 0 atom stereocenters. The smallest absolute Gasteiger partial charge is 0.293 e. The molecule has 2 aromatic rings. The van der Waals surface area contributed by atoms with Crippen LogP contribution in [-0.2, 0) is 13.6 Å². The van der Waals surface area contributed by atoms with E-state index in [1.54, 1.807) is 24.0 Å².